The predicted octanol–water partition coefficient (Wildman–Crippen LogP) is 4.90. The Morgan fingerprint density at radius 1 is 1.17 bits per heavy atom. The second kappa shape index (κ2) is 3.77. The average molecular weight is 256 g/mol. The number of hydrogen-bond donors (Lipinski definition) is 0. The SMILES string of the molecule is CC1(C)[C@@H]2CC[C@@]1(C)C(=S)/C2=C/c1ccccc1. The quantitative estimate of drug-likeness (QED) is 0.509. The molecule has 2 aliphatic carbocycles. The van der Waals surface area contributed by atoms with Crippen molar-refractivity contribution in [3.05, 3.63) is 41.5 Å². The standard InChI is InChI=1S/C17H20S/c1-16(2)14-9-10-17(16,3)15(18)13(14)11-12-7-5-4-6-8-12/h4-8,11,14H,9-10H2,1-3H3/b13-11+/t14-,17+/m1/s1. The smallest absolute Gasteiger partial charge is 0.0252 e. The van der Waals surface area contributed by atoms with Crippen LogP contribution in [0.15, 0.2) is 35.9 Å². The minimum Gasteiger partial charge on any atom is -0.0840 e. The van der Waals surface area contributed by atoms with Crippen LogP contribution in [-0.4, -0.2) is 4.86 Å². The summed E-state index contributed by atoms with van der Waals surface area (Å²) in [7, 11) is 0. The van der Waals surface area contributed by atoms with E-state index in [4.69, 9.17) is 12.2 Å². The number of hydrogen-bond acceptors (Lipinski definition) is 1. The van der Waals surface area contributed by atoms with E-state index in [2.05, 4.69) is 57.2 Å². The Kier molecular flexibility index (Phi) is 2.54. The molecule has 0 aromatic heterocycles. The van der Waals surface area contributed by atoms with E-state index in [1.807, 2.05) is 0 Å². The topological polar surface area (TPSA) is 0 Å². The summed E-state index contributed by atoms with van der Waals surface area (Å²) in [4.78, 5) is 1.22. The molecule has 3 rings (SSSR count). The van der Waals surface area contributed by atoms with E-state index in [9.17, 15) is 0 Å². The van der Waals surface area contributed by atoms with E-state index >= 15 is 0 Å². The monoisotopic (exact) mass is 256 g/mol. The lowest BCUT2D eigenvalue weighted by Gasteiger charge is -2.33. The first kappa shape index (κ1) is 12.1. The number of thiocarbonyl (C=S) groups is 1. The van der Waals surface area contributed by atoms with Crippen molar-refractivity contribution >= 4 is 23.2 Å². The van der Waals surface area contributed by atoms with Crippen molar-refractivity contribution in [1.29, 1.82) is 0 Å². The van der Waals surface area contributed by atoms with Crippen molar-refractivity contribution in [1.82, 2.24) is 0 Å². The van der Waals surface area contributed by atoms with Gasteiger partial charge in [-0.2, -0.15) is 0 Å². The number of allylic oxidation sites excluding steroid dienone is 1. The average Bonchev–Trinajstić information content (AvgIpc) is 2.65. The van der Waals surface area contributed by atoms with E-state index in [1.54, 1.807) is 0 Å². The maximum atomic E-state index is 5.78. The zero-order valence-electron chi connectivity index (χ0n) is 11.4. The Bertz CT molecular complexity index is 524. The first-order valence-corrected chi connectivity index (χ1v) is 7.19. The van der Waals surface area contributed by atoms with Crippen molar-refractivity contribution in [2.45, 2.75) is 33.6 Å². The van der Waals surface area contributed by atoms with Gasteiger partial charge >= 0.3 is 0 Å². The Balaban J connectivity index is 2.07. The molecule has 0 N–H and O–H groups in total. The molecule has 0 heterocycles. The molecule has 2 aliphatic rings. The molecule has 1 aromatic carbocycles. The Morgan fingerprint density at radius 2 is 1.83 bits per heavy atom. The summed E-state index contributed by atoms with van der Waals surface area (Å²) in [6, 6.07) is 10.6. The highest BCUT2D eigenvalue weighted by Crippen LogP contribution is 2.66. The molecule has 0 radical (unpaired) electrons. The zero-order chi connectivity index (χ0) is 13.0. The summed E-state index contributed by atoms with van der Waals surface area (Å²) in [6.45, 7) is 7.15. The van der Waals surface area contributed by atoms with E-state index in [-0.39, 0.29) is 5.41 Å². The molecule has 2 saturated carbocycles. The molecule has 0 nitrogen and oxygen atoms in total. The maximum Gasteiger partial charge on any atom is 0.0252 e. The van der Waals surface area contributed by atoms with Crippen molar-refractivity contribution < 1.29 is 0 Å². The van der Waals surface area contributed by atoms with E-state index in [0.717, 1.165) is 0 Å². The van der Waals surface area contributed by atoms with Crippen LogP contribution in [0.25, 0.3) is 6.08 Å². The van der Waals surface area contributed by atoms with E-state index < -0.39 is 0 Å². The normalized spacial score (nSPS) is 35.4. The lowest BCUT2D eigenvalue weighted by molar-refractivity contribution is 0.204. The molecule has 2 fully saturated rings. The Labute approximate surface area is 115 Å². The van der Waals surface area contributed by atoms with Crippen molar-refractivity contribution in [2.24, 2.45) is 16.7 Å². The van der Waals surface area contributed by atoms with Crippen LogP contribution in [-0.2, 0) is 0 Å². The van der Waals surface area contributed by atoms with Gasteiger partial charge in [0.15, 0.2) is 0 Å². The molecule has 0 spiro atoms. The molecule has 1 aromatic rings. The van der Waals surface area contributed by atoms with Crippen LogP contribution in [0.5, 0.6) is 0 Å². The highest BCUT2D eigenvalue weighted by molar-refractivity contribution is 7.81. The number of rotatable bonds is 1. The third kappa shape index (κ3) is 1.40. The van der Waals surface area contributed by atoms with Crippen LogP contribution >= 0.6 is 12.2 Å². The summed E-state index contributed by atoms with van der Waals surface area (Å²) in [5.41, 5.74) is 3.26. The summed E-state index contributed by atoms with van der Waals surface area (Å²) >= 11 is 5.78. The lowest BCUT2D eigenvalue weighted by Crippen LogP contribution is -2.31. The van der Waals surface area contributed by atoms with Gasteiger partial charge in [-0.3, -0.25) is 0 Å². The zero-order valence-corrected chi connectivity index (χ0v) is 12.2. The highest BCUT2D eigenvalue weighted by atomic mass is 32.1. The van der Waals surface area contributed by atoms with Gasteiger partial charge < -0.3 is 0 Å². The molecule has 0 aliphatic heterocycles. The molecule has 1 heteroatoms. The van der Waals surface area contributed by atoms with Crippen molar-refractivity contribution in [3.8, 4) is 0 Å². The van der Waals surface area contributed by atoms with Crippen LogP contribution in [0.2, 0.25) is 0 Å². The minimum absolute atomic E-state index is 0.230. The van der Waals surface area contributed by atoms with Gasteiger partial charge in [0.2, 0.25) is 0 Å². The van der Waals surface area contributed by atoms with E-state index in [1.165, 1.54) is 28.8 Å². The minimum atomic E-state index is 0.230. The third-order valence-corrected chi connectivity index (χ3v) is 6.17. The van der Waals surface area contributed by atoms with Gasteiger partial charge in [0.1, 0.15) is 0 Å². The number of fused-ring (bicyclic) bond motifs is 2. The highest BCUT2D eigenvalue weighted by Gasteiger charge is 2.61. The van der Waals surface area contributed by atoms with Crippen molar-refractivity contribution in [2.75, 3.05) is 0 Å². The lowest BCUT2D eigenvalue weighted by atomic mass is 9.71. The fourth-order valence-electron chi connectivity index (χ4n) is 3.82. The Hall–Kier alpha value is -0.950. The second-order valence-corrected chi connectivity index (χ2v) is 6.89. The van der Waals surface area contributed by atoms with Gasteiger partial charge in [-0.25, -0.2) is 0 Å². The molecule has 0 saturated heterocycles. The second-order valence-electron chi connectivity index (χ2n) is 6.48. The summed E-state index contributed by atoms with van der Waals surface area (Å²) in [6.07, 6.45) is 4.87. The van der Waals surface area contributed by atoms with Gasteiger partial charge in [0.25, 0.3) is 0 Å². The number of benzene rings is 1. The summed E-state index contributed by atoms with van der Waals surface area (Å²) in [5, 5.41) is 0. The predicted molar refractivity (Wildman–Crippen MR) is 81.6 cm³/mol. The van der Waals surface area contributed by atoms with Gasteiger partial charge in [-0.05, 0) is 35.3 Å². The van der Waals surface area contributed by atoms with Gasteiger partial charge in [-0.1, -0.05) is 69.4 Å². The van der Waals surface area contributed by atoms with Crippen LogP contribution in [0.3, 0.4) is 0 Å². The summed E-state index contributed by atoms with van der Waals surface area (Å²) in [5.74, 6) is 0.648. The molecular formula is C17H20S. The first-order chi connectivity index (χ1) is 8.47. The molecule has 0 unspecified atom stereocenters. The largest absolute Gasteiger partial charge is 0.0840 e. The molecule has 2 atom stereocenters. The summed E-state index contributed by atoms with van der Waals surface area (Å²) < 4.78 is 0. The van der Waals surface area contributed by atoms with Crippen LogP contribution in [0, 0.1) is 16.7 Å². The van der Waals surface area contributed by atoms with Gasteiger partial charge in [0, 0.05) is 10.3 Å². The Morgan fingerprint density at radius 3 is 2.39 bits per heavy atom. The van der Waals surface area contributed by atoms with Crippen molar-refractivity contribution in [3.63, 3.8) is 0 Å². The van der Waals surface area contributed by atoms with Crippen LogP contribution in [0.1, 0.15) is 39.2 Å². The van der Waals surface area contributed by atoms with Gasteiger partial charge in [-0.15, -0.1) is 0 Å². The van der Waals surface area contributed by atoms with Crippen LogP contribution < -0.4 is 0 Å². The third-order valence-electron chi connectivity index (χ3n) is 5.49. The maximum absolute atomic E-state index is 5.78. The van der Waals surface area contributed by atoms with E-state index in [0.29, 0.717) is 11.3 Å². The van der Waals surface area contributed by atoms with Gasteiger partial charge in [0.05, 0.1) is 0 Å². The van der Waals surface area contributed by atoms with Crippen LogP contribution in [0.4, 0.5) is 0 Å². The molecule has 2 bridgehead atoms. The molecule has 0 amide bonds. The molecule has 94 valence electrons. The molecule has 18 heavy (non-hydrogen) atoms. The molecular weight excluding hydrogens is 236 g/mol. The fraction of sp³-hybridized carbons (Fsp3) is 0.471. The fourth-order valence-corrected chi connectivity index (χ4v) is 4.39. The first-order valence-electron chi connectivity index (χ1n) is 6.78.